The molecule has 1 aromatic heterocycles. The Morgan fingerprint density at radius 1 is 1.14 bits per heavy atom. The predicted molar refractivity (Wildman–Crippen MR) is 155 cm³/mol. The van der Waals surface area contributed by atoms with Crippen LogP contribution >= 0.6 is 11.9 Å². The number of ether oxygens (including phenoxy) is 1. The molecule has 37 heavy (non-hydrogen) atoms. The normalized spacial score (nSPS) is 13.9. The lowest BCUT2D eigenvalue weighted by Gasteiger charge is -2.29. The highest BCUT2D eigenvalue weighted by Gasteiger charge is 2.14. The van der Waals surface area contributed by atoms with Gasteiger partial charge < -0.3 is 25.7 Å². The van der Waals surface area contributed by atoms with E-state index in [9.17, 15) is 0 Å². The molecule has 2 aromatic carbocycles. The Morgan fingerprint density at radius 3 is 2.59 bits per heavy atom. The smallest absolute Gasteiger partial charge is 0.237 e. The summed E-state index contributed by atoms with van der Waals surface area (Å²) in [6, 6.07) is 18.4. The second-order valence-electron chi connectivity index (χ2n) is 9.19. The van der Waals surface area contributed by atoms with Gasteiger partial charge in [-0.3, -0.25) is 4.72 Å². The molecular formula is C28H35N7OS. The quantitative estimate of drug-likeness (QED) is 0.201. The van der Waals surface area contributed by atoms with Crippen molar-refractivity contribution in [3.05, 3.63) is 71.3 Å². The highest BCUT2D eigenvalue weighted by Crippen LogP contribution is 2.31. The number of hydrogen-bond donors (Lipinski definition) is 4. The van der Waals surface area contributed by atoms with Gasteiger partial charge in [0.1, 0.15) is 5.75 Å². The molecule has 0 bridgehead atoms. The largest absolute Gasteiger partial charge is 0.439 e. The number of hydrogen-bond acceptors (Lipinski definition) is 9. The summed E-state index contributed by atoms with van der Waals surface area (Å²) < 4.78 is 9.39. The molecule has 9 heteroatoms. The molecule has 4 rings (SSSR count). The fourth-order valence-corrected chi connectivity index (χ4v) is 4.70. The van der Waals surface area contributed by atoms with Crippen molar-refractivity contribution in [2.24, 2.45) is 5.92 Å². The zero-order chi connectivity index (χ0) is 26.0. The Kier molecular flexibility index (Phi) is 9.40. The Morgan fingerprint density at radius 2 is 1.89 bits per heavy atom. The third-order valence-corrected chi connectivity index (χ3v) is 6.61. The molecule has 8 nitrogen and oxygen atoms in total. The molecule has 1 aliphatic rings. The Balaban J connectivity index is 1.63. The van der Waals surface area contributed by atoms with Crippen LogP contribution in [0.2, 0.25) is 0 Å². The number of aromatic nitrogens is 2. The molecule has 0 aliphatic carbocycles. The molecule has 0 unspecified atom stereocenters. The number of rotatable bonds is 11. The molecular weight excluding hydrogens is 482 g/mol. The van der Waals surface area contributed by atoms with Crippen molar-refractivity contribution in [3.63, 3.8) is 0 Å². The number of allylic oxidation sites excluding steroid dienone is 1. The van der Waals surface area contributed by atoms with Gasteiger partial charge >= 0.3 is 0 Å². The maximum Gasteiger partial charge on any atom is 0.237 e. The van der Waals surface area contributed by atoms with Gasteiger partial charge in [-0.05, 0) is 54.1 Å². The lowest BCUT2D eigenvalue weighted by atomic mass is 9.96. The van der Waals surface area contributed by atoms with Crippen LogP contribution < -0.4 is 25.0 Å². The van der Waals surface area contributed by atoms with Crippen LogP contribution in [0.25, 0.3) is 11.3 Å². The molecule has 2 heterocycles. The maximum atomic E-state index is 7.61. The third kappa shape index (κ3) is 7.47. The molecule has 1 aliphatic heterocycles. The van der Waals surface area contributed by atoms with Crippen molar-refractivity contribution in [2.45, 2.75) is 20.3 Å². The Bertz CT molecular complexity index is 1210. The number of nitrogens with zero attached hydrogens (tertiary/aromatic N) is 3. The van der Waals surface area contributed by atoms with Gasteiger partial charge in [-0.2, -0.15) is 4.98 Å². The molecule has 0 atom stereocenters. The summed E-state index contributed by atoms with van der Waals surface area (Å²) in [5, 5.41) is 13.9. The first-order valence-electron chi connectivity index (χ1n) is 12.6. The number of benzene rings is 2. The molecule has 1 saturated heterocycles. The van der Waals surface area contributed by atoms with E-state index in [-0.39, 0.29) is 0 Å². The number of nitrogens with one attached hydrogen (secondary N) is 4. The second-order valence-corrected chi connectivity index (χ2v) is 10.1. The monoisotopic (exact) mass is 517 g/mol. The maximum absolute atomic E-state index is 7.61. The summed E-state index contributed by atoms with van der Waals surface area (Å²) in [5.41, 5.74) is 4.27. The first kappa shape index (κ1) is 26.5. The van der Waals surface area contributed by atoms with Gasteiger partial charge in [0.25, 0.3) is 0 Å². The minimum Gasteiger partial charge on any atom is -0.439 e. The molecule has 194 valence electrons. The van der Waals surface area contributed by atoms with E-state index >= 15 is 0 Å². The summed E-state index contributed by atoms with van der Waals surface area (Å²) in [4.78, 5) is 12.5. The van der Waals surface area contributed by atoms with Crippen LogP contribution in [0.1, 0.15) is 19.4 Å². The van der Waals surface area contributed by atoms with E-state index in [1.54, 1.807) is 13.2 Å². The van der Waals surface area contributed by atoms with Crippen molar-refractivity contribution in [1.82, 2.24) is 20.6 Å². The highest BCUT2D eigenvalue weighted by molar-refractivity contribution is 8.05. The van der Waals surface area contributed by atoms with Crippen molar-refractivity contribution in [3.8, 4) is 22.9 Å². The van der Waals surface area contributed by atoms with Crippen LogP contribution in [0, 0.1) is 11.3 Å². The molecule has 3 aromatic rings. The summed E-state index contributed by atoms with van der Waals surface area (Å²) in [7, 11) is 1.80. The van der Waals surface area contributed by atoms with Crippen LogP contribution in [-0.4, -0.2) is 49.4 Å². The minimum atomic E-state index is 0.415. The van der Waals surface area contributed by atoms with Crippen molar-refractivity contribution < 1.29 is 4.74 Å². The fourth-order valence-electron chi connectivity index (χ4n) is 4.17. The molecule has 0 saturated carbocycles. The van der Waals surface area contributed by atoms with Crippen LogP contribution in [-0.2, 0) is 6.42 Å². The minimum absolute atomic E-state index is 0.415. The SMILES string of the molecule is CN/C=C(\C=N)SNc1nc(Oc2ccc(N3CCNCC3)cc2)cc(-c2ccccc2CC(C)C)n1. The van der Waals surface area contributed by atoms with Gasteiger partial charge in [0, 0.05) is 63.0 Å². The Labute approximate surface area is 223 Å². The average Bonchev–Trinajstić information content (AvgIpc) is 2.92. The van der Waals surface area contributed by atoms with Crippen LogP contribution in [0.5, 0.6) is 11.6 Å². The van der Waals surface area contributed by atoms with Gasteiger partial charge in [-0.25, -0.2) is 4.98 Å². The van der Waals surface area contributed by atoms with E-state index < -0.39 is 0 Å². The summed E-state index contributed by atoms with van der Waals surface area (Å²) >= 11 is 1.27. The topological polar surface area (TPSA) is 98.2 Å². The number of anilines is 2. The van der Waals surface area contributed by atoms with Crippen LogP contribution in [0.4, 0.5) is 11.6 Å². The zero-order valence-electron chi connectivity index (χ0n) is 21.6. The summed E-state index contributed by atoms with van der Waals surface area (Å²) in [6.45, 7) is 8.42. The van der Waals surface area contributed by atoms with Crippen LogP contribution in [0.3, 0.4) is 0 Å². The first-order valence-corrected chi connectivity index (χ1v) is 13.4. The van der Waals surface area contributed by atoms with E-state index in [4.69, 9.17) is 15.1 Å². The van der Waals surface area contributed by atoms with Gasteiger partial charge in [0.2, 0.25) is 11.8 Å². The average molecular weight is 518 g/mol. The molecule has 4 N–H and O–H groups in total. The van der Waals surface area contributed by atoms with Crippen molar-refractivity contribution >= 4 is 29.8 Å². The van der Waals surface area contributed by atoms with E-state index in [0.29, 0.717) is 28.4 Å². The first-order chi connectivity index (χ1) is 18.1. The van der Waals surface area contributed by atoms with E-state index in [1.165, 1.54) is 29.4 Å². The predicted octanol–water partition coefficient (Wildman–Crippen LogP) is 5.31. The fraction of sp³-hybridized carbons (Fsp3) is 0.321. The summed E-state index contributed by atoms with van der Waals surface area (Å²) in [5.74, 6) is 2.10. The molecule has 0 amide bonds. The highest BCUT2D eigenvalue weighted by atomic mass is 32.2. The van der Waals surface area contributed by atoms with Crippen LogP contribution in [0.15, 0.2) is 65.7 Å². The van der Waals surface area contributed by atoms with Gasteiger partial charge in [-0.1, -0.05) is 38.1 Å². The standard InChI is InChI=1S/C28H35N7OS/c1-20(2)16-21-6-4-5-7-25(21)26-17-27(33-28(32-26)34-37-24(18-29)19-30-3)36-23-10-8-22(9-11-23)35-14-12-31-13-15-35/h4-11,17-20,29-31H,12-16H2,1-3H3,(H,32,33,34)/b24-19+,29-18?. The van der Waals surface area contributed by atoms with E-state index in [2.05, 4.69) is 69.4 Å². The van der Waals surface area contributed by atoms with E-state index in [1.807, 2.05) is 24.3 Å². The van der Waals surface area contributed by atoms with Gasteiger partial charge in [0.15, 0.2) is 0 Å². The Hall–Kier alpha value is -3.56. The van der Waals surface area contributed by atoms with Gasteiger partial charge in [0.05, 0.1) is 10.6 Å². The number of piperazine rings is 1. The third-order valence-electron chi connectivity index (χ3n) is 5.85. The lowest BCUT2D eigenvalue weighted by Crippen LogP contribution is -2.43. The zero-order valence-corrected chi connectivity index (χ0v) is 22.4. The lowest BCUT2D eigenvalue weighted by molar-refractivity contribution is 0.463. The van der Waals surface area contributed by atoms with Crippen molar-refractivity contribution in [1.29, 1.82) is 5.41 Å². The second kappa shape index (κ2) is 13.1. The molecule has 1 fully saturated rings. The summed E-state index contributed by atoms with van der Waals surface area (Å²) in [6.07, 6.45) is 3.96. The van der Waals surface area contributed by atoms with E-state index in [0.717, 1.165) is 43.9 Å². The van der Waals surface area contributed by atoms with Gasteiger partial charge in [-0.15, -0.1) is 0 Å². The van der Waals surface area contributed by atoms with Crippen molar-refractivity contribution in [2.75, 3.05) is 42.8 Å². The molecule has 0 spiro atoms. The molecule has 0 radical (unpaired) electrons.